The van der Waals surface area contributed by atoms with Crippen molar-refractivity contribution in [3.8, 4) is 11.1 Å². The molecule has 3 aromatic carbocycles. The van der Waals surface area contributed by atoms with E-state index in [4.69, 9.17) is 11.6 Å². The molecule has 2 N–H and O–H groups in total. The van der Waals surface area contributed by atoms with Gasteiger partial charge in [-0.15, -0.1) is 11.3 Å². The number of amides is 1. The molecule has 2 aromatic heterocycles. The lowest BCUT2D eigenvalue weighted by Gasteiger charge is -2.10. The predicted molar refractivity (Wildman–Crippen MR) is 139 cm³/mol. The molecule has 2 heterocycles. The zero-order chi connectivity index (χ0) is 23.5. The van der Waals surface area contributed by atoms with E-state index in [1.165, 1.54) is 22.2 Å². The lowest BCUT2D eigenvalue weighted by atomic mass is 10.1. The lowest BCUT2D eigenvalue weighted by molar-refractivity contribution is -0.116. The Morgan fingerprint density at radius 3 is 2.32 bits per heavy atom. The van der Waals surface area contributed by atoms with Crippen LogP contribution in [0.1, 0.15) is 0 Å². The predicted octanol–water partition coefficient (Wildman–Crippen LogP) is 6.16. The average Bonchev–Trinajstić information content (AvgIpc) is 3.28. The Hall–Kier alpha value is -3.94. The van der Waals surface area contributed by atoms with E-state index in [0.29, 0.717) is 20.9 Å². The number of hydrogen-bond donors (Lipinski definition) is 2. The van der Waals surface area contributed by atoms with Crippen molar-refractivity contribution in [2.24, 2.45) is 0 Å². The molecule has 0 fully saturated rings. The van der Waals surface area contributed by atoms with E-state index in [0.717, 1.165) is 22.5 Å². The van der Waals surface area contributed by atoms with E-state index < -0.39 is 0 Å². The minimum Gasteiger partial charge on any atom is -0.356 e. The minimum atomic E-state index is -0.310. The molecule has 0 spiro atoms. The van der Waals surface area contributed by atoms with Gasteiger partial charge in [0.2, 0.25) is 5.91 Å². The molecule has 34 heavy (non-hydrogen) atoms. The fraction of sp³-hybridized carbons (Fsp3) is 0.0385. The molecule has 0 radical (unpaired) electrons. The van der Waals surface area contributed by atoms with Crippen molar-refractivity contribution >= 4 is 56.1 Å². The normalized spacial score (nSPS) is 10.9. The summed E-state index contributed by atoms with van der Waals surface area (Å²) in [6.45, 7) is -0.137. The Balaban J connectivity index is 1.31. The smallest absolute Gasteiger partial charge is 0.263 e. The number of benzene rings is 3. The second kappa shape index (κ2) is 9.51. The number of thiophene rings is 1. The summed E-state index contributed by atoms with van der Waals surface area (Å²) >= 11 is 7.39. The van der Waals surface area contributed by atoms with Crippen LogP contribution >= 0.6 is 22.9 Å². The number of carbonyl (C=O) groups excluding carboxylic acids is 1. The summed E-state index contributed by atoms with van der Waals surface area (Å²) in [6.07, 6.45) is 1.42. The summed E-state index contributed by atoms with van der Waals surface area (Å²) in [4.78, 5) is 30.8. The monoisotopic (exact) mass is 486 g/mol. The summed E-state index contributed by atoms with van der Waals surface area (Å²) in [5, 5.41) is 9.16. The highest BCUT2D eigenvalue weighted by Gasteiger charge is 2.15. The van der Waals surface area contributed by atoms with E-state index in [1.54, 1.807) is 12.1 Å². The second-order valence-electron chi connectivity index (χ2n) is 7.63. The zero-order valence-corrected chi connectivity index (χ0v) is 19.4. The minimum absolute atomic E-state index is 0.137. The van der Waals surface area contributed by atoms with E-state index in [9.17, 15) is 9.59 Å². The van der Waals surface area contributed by atoms with Crippen molar-refractivity contribution in [2.45, 2.75) is 6.54 Å². The van der Waals surface area contributed by atoms with Gasteiger partial charge in [-0.05, 0) is 54.1 Å². The van der Waals surface area contributed by atoms with Crippen molar-refractivity contribution in [3.63, 3.8) is 0 Å². The first-order chi connectivity index (χ1) is 16.6. The standard InChI is InChI=1S/C26H19ClN4O2S/c27-18-8-6-17(7-9-18)22-15-34-25-24(22)26(33)31(16-28-25)14-23(32)30-21-12-10-20(11-13-21)29-19-4-2-1-3-5-19/h1-13,15-16,29H,14H2,(H,30,32). The Kier molecular flexibility index (Phi) is 6.12. The molecule has 8 heteroatoms. The molecule has 168 valence electrons. The first-order valence-corrected chi connectivity index (χ1v) is 11.8. The van der Waals surface area contributed by atoms with Gasteiger partial charge in [-0.25, -0.2) is 4.98 Å². The molecule has 0 atom stereocenters. The third-order valence-electron chi connectivity index (χ3n) is 5.26. The SMILES string of the molecule is O=C(Cn1cnc2scc(-c3ccc(Cl)cc3)c2c1=O)Nc1ccc(Nc2ccccc2)cc1. The number of para-hydroxylation sites is 1. The number of carbonyl (C=O) groups is 1. The Morgan fingerprint density at radius 2 is 1.59 bits per heavy atom. The van der Waals surface area contributed by atoms with Crippen molar-refractivity contribution in [3.05, 3.63) is 106 Å². The summed E-state index contributed by atoms with van der Waals surface area (Å²) in [7, 11) is 0. The van der Waals surface area contributed by atoms with Gasteiger partial charge in [0.25, 0.3) is 5.56 Å². The highest BCUT2D eigenvalue weighted by atomic mass is 35.5. The van der Waals surface area contributed by atoms with Crippen LogP contribution in [0.4, 0.5) is 17.1 Å². The van der Waals surface area contributed by atoms with Gasteiger partial charge in [0.1, 0.15) is 11.4 Å². The first-order valence-electron chi connectivity index (χ1n) is 10.5. The van der Waals surface area contributed by atoms with Crippen LogP contribution in [0.15, 0.2) is 95.4 Å². The van der Waals surface area contributed by atoms with Crippen LogP contribution in [0.5, 0.6) is 0 Å². The molecule has 0 aliphatic rings. The summed E-state index contributed by atoms with van der Waals surface area (Å²) in [6, 6.07) is 24.5. The van der Waals surface area contributed by atoms with Gasteiger partial charge < -0.3 is 10.6 Å². The fourth-order valence-electron chi connectivity index (χ4n) is 3.60. The maximum absolute atomic E-state index is 13.2. The number of rotatable bonds is 6. The average molecular weight is 487 g/mol. The molecular formula is C26H19ClN4O2S. The maximum atomic E-state index is 13.2. The lowest BCUT2D eigenvalue weighted by Crippen LogP contribution is -2.27. The van der Waals surface area contributed by atoms with Gasteiger partial charge in [0.15, 0.2) is 0 Å². The van der Waals surface area contributed by atoms with Crippen LogP contribution in [0.25, 0.3) is 21.3 Å². The maximum Gasteiger partial charge on any atom is 0.263 e. The third-order valence-corrected chi connectivity index (χ3v) is 6.40. The summed E-state index contributed by atoms with van der Waals surface area (Å²) < 4.78 is 1.33. The molecule has 0 aliphatic carbocycles. The summed E-state index contributed by atoms with van der Waals surface area (Å²) in [5.74, 6) is -0.310. The Morgan fingerprint density at radius 1 is 0.912 bits per heavy atom. The van der Waals surface area contributed by atoms with Crippen LogP contribution in [0.2, 0.25) is 5.02 Å². The molecule has 0 unspecified atom stereocenters. The topological polar surface area (TPSA) is 76.0 Å². The van der Waals surface area contributed by atoms with E-state index in [1.807, 2.05) is 72.1 Å². The van der Waals surface area contributed by atoms with Crippen LogP contribution < -0.4 is 16.2 Å². The number of aromatic nitrogens is 2. The number of nitrogens with one attached hydrogen (secondary N) is 2. The molecule has 6 nitrogen and oxygen atoms in total. The Bertz CT molecular complexity index is 1510. The molecule has 0 bridgehead atoms. The van der Waals surface area contributed by atoms with Gasteiger partial charge in [0.05, 0.1) is 11.7 Å². The molecule has 0 saturated carbocycles. The van der Waals surface area contributed by atoms with Crippen molar-refractivity contribution in [1.82, 2.24) is 9.55 Å². The van der Waals surface area contributed by atoms with Crippen LogP contribution in [-0.2, 0) is 11.3 Å². The highest BCUT2D eigenvalue weighted by molar-refractivity contribution is 7.17. The van der Waals surface area contributed by atoms with Gasteiger partial charge in [-0.2, -0.15) is 0 Å². The van der Waals surface area contributed by atoms with Gasteiger partial charge >= 0.3 is 0 Å². The van der Waals surface area contributed by atoms with Gasteiger partial charge in [0, 0.05) is 33.0 Å². The number of hydrogen-bond acceptors (Lipinski definition) is 5. The van der Waals surface area contributed by atoms with E-state index >= 15 is 0 Å². The largest absolute Gasteiger partial charge is 0.356 e. The molecule has 5 aromatic rings. The zero-order valence-electron chi connectivity index (χ0n) is 17.9. The molecular weight excluding hydrogens is 468 g/mol. The van der Waals surface area contributed by atoms with Crippen molar-refractivity contribution < 1.29 is 4.79 Å². The number of anilines is 3. The van der Waals surface area contributed by atoms with Crippen molar-refractivity contribution in [1.29, 1.82) is 0 Å². The van der Waals surface area contributed by atoms with E-state index in [2.05, 4.69) is 15.6 Å². The second-order valence-corrected chi connectivity index (χ2v) is 8.93. The summed E-state index contributed by atoms with van der Waals surface area (Å²) in [5.41, 5.74) is 3.93. The number of fused-ring (bicyclic) bond motifs is 1. The molecule has 0 aliphatic heterocycles. The van der Waals surface area contributed by atoms with Crippen molar-refractivity contribution in [2.75, 3.05) is 10.6 Å². The number of nitrogens with zero attached hydrogens (tertiary/aromatic N) is 2. The van der Waals surface area contributed by atoms with E-state index in [-0.39, 0.29) is 18.0 Å². The number of halogens is 1. The van der Waals surface area contributed by atoms with Gasteiger partial charge in [-0.1, -0.05) is 41.9 Å². The highest BCUT2D eigenvalue weighted by Crippen LogP contribution is 2.31. The van der Waals surface area contributed by atoms with Crippen LogP contribution in [0, 0.1) is 0 Å². The molecule has 0 saturated heterocycles. The van der Waals surface area contributed by atoms with Gasteiger partial charge in [-0.3, -0.25) is 14.2 Å². The Labute approximate surface area is 204 Å². The third kappa shape index (κ3) is 4.71. The quantitative estimate of drug-likeness (QED) is 0.301. The first kappa shape index (κ1) is 21.9. The fourth-order valence-corrected chi connectivity index (χ4v) is 4.63. The van der Waals surface area contributed by atoms with Crippen LogP contribution in [0.3, 0.4) is 0 Å². The molecule has 1 amide bonds. The molecule has 5 rings (SSSR count). The van der Waals surface area contributed by atoms with Crippen LogP contribution in [-0.4, -0.2) is 15.5 Å².